The molecule has 0 saturated carbocycles. The van der Waals surface area contributed by atoms with Crippen molar-refractivity contribution >= 4 is 23.0 Å². The molecule has 9 aliphatic heterocycles. The molecule has 0 aromatic heterocycles. The number of nitrogens with zero attached hydrogens (tertiary/aromatic N) is 2. The summed E-state index contributed by atoms with van der Waals surface area (Å²) in [6, 6.07) is 7.48. The van der Waals surface area contributed by atoms with Crippen LogP contribution in [0, 0.1) is 0 Å². The molecule has 1 aromatic rings. The molecule has 6 atom stereocenters. The summed E-state index contributed by atoms with van der Waals surface area (Å²) in [5.74, 6) is -1.52. The normalized spacial score (nSPS) is 39.5. The molecule has 10 heteroatoms. The Kier molecular flexibility index (Phi) is 6.38. The maximum absolute atomic E-state index is 14.0. The minimum absolute atomic E-state index is 0.0356. The lowest BCUT2D eigenvalue weighted by atomic mass is 9.70. The van der Waals surface area contributed by atoms with E-state index in [4.69, 9.17) is 28.4 Å². The van der Waals surface area contributed by atoms with E-state index in [-0.39, 0.29) is 36.1 Å². The zero-order valence-corrected chi connectivity index (χ0v) is 25.7. The van der Waals surface area contributed by atoms with Gasteiger partial charge in [-0.05, 0) is 51.7 Å². The van der Waals surface area contributed by atoms with Crippen molar-refractivity contribution < 1.29 is 38.0 Å². The average molecular weight is 605 g/mol. The molecule has 0 N–H and O–H groups in total. The minimum atomic E-state index is -1.12. The molecule has 9 heterocycles. The van der Waals surface area contributed by atoms with Crippen LogP contribution in [0.2, 0.25) is 0 Å². The third kappa shape index (κ3) is 3.94. The quantitative estimate of drug-likeness (QED) is 0.376. The number of rotatable bonds is 2. The van der Waals surface area contributed by atoms with E-state index < -0.39 is 22.8 Å². The van der Waals surface area contributed by atoms with Crippen LogP contribution < -0.4 is 0 Å². The van der Waals surface area contributed by atoms with Crippen LogP contribution in [0.5, 0.6) is 0 Å². The fourth-order valence-corrected chi connectivity index (χ4v) is 8.36. The zero-order valence-electron chi connectivity index (χ0n) is 25.7. The maximum atomic E-state index is 14.0. The van der Waals surface area contributed by atoms with Gasteiger partial charge >= 0.3 is 0 Å². The van der Waals surface area contributed by atoms with E-state index in [0.29, 0.717) is 52.4 Å². The smallest absolute Gasteiger partial charge is 0.262 e. The molecule has 6 unspecified atom stereocenters. The van der Waals surface area contributed by atoms with Crippen LogP contribution in [-0.4, -0.2) is 108 Å². The Morgan fingerprint density at radius 3 is 1.41 bits per heavy atom. The van der Waals surface area contributed by atoms with Gasteiger partial charge < -0.3 is 38.2 Å². The van der Waals surface area contributed by atoms with Crippen molar-refractivity contribution in [3.8, 4) is 0 Å². The number of benzene rings is 1. The number of fused-ring (bicyclic) bond motifs is 1. The van der Waals surface area contributed by atoms with Gasteiger partial charge in [0.1, 0.15) is 24.3 Å². The van der Waals surface area contributed by atoms with E-state index in [2.05, 4.69) is 12.2 Å². The van der Waals surface area contributed by atoms with Crippen LogP contribution in [0.1, 0.15) is 51.7 Å². The van der Waals surface area contributed by atoms with E-state index in [1.165, 1.54) is 0 Å². The first-order chi connectivity index (χ1) is 21.1. The van der Waals surface area contributed by atoms with Gasteiger partial charge in [0, 0.05) is 24.2 Å². The summed E-state index contributed by atoms with van der Waals surface area (Å²) in [5, 5.41) is 0. The topological polar surface area (TPSA) is 96.0 Å². The number of carbonyl (C=O) groups is 2. The van der Waals surface area contributed by atoms with Crippen molar-refractivity contribution in [3.05, 3.63) is 59.7 Å². The molecule has 0 radical (unpaired) electrons. The molecule has 4 fully saturated rings. The highest BCUT2D eigenvalue weighted by molar-refractivity contribution is 6.08. The second-order valence-electron chi connectivity index (χ2n) is 13.6. The molecule has 4 saturated heterocycles. The first-order valence-corrected chi connectivity index (χ1v) is 15.8. The zero-order chi connectivity index (χ0) is 30.5. The van der Waals surface area contributed by atoms with Gasteiger partial charge in [-0.2, -0.15) is 0 Å². The molecule has 6 bridgehead atoms. The maximum Gasteiger partial charge on any atom is 0.262 e. The standard InChI is InChI=1S/C34H40N2O8/c1-31(2)41-19-25(43-31)27-33-23(13-17-39-33)21-9-11-22(12-10-21)24-14-18-40-34(24)28(26-20-42-32(3,4)44-26)36(30(34)38)16-8-6-5-7-15-35(27)29(33)37/h5-6,9-14,25-28H,7-8,15-20H2,1-4H3/b6-5-. The van der Waals surface area contributed by atoms with Crippen LogP contribution in [0.25, 0.3) is 11.1 Å². The highest BCUT2D eigenvalue weighted by Crippen LogP contribution is 2.53. The number of hydrogen-bond acceptors (Lipinski definition) is 8. The van der Waals surface area contributed by atoms with Crippen molar-refractivity contribution in [2.45, 2.75) is 87.6 Å². The predicted molar refractivity (Wildman–Crippen MR) is 159 cm³/mol. The van der Waals surface area contributed by atoms with Gasteiger partial charge in [-0.15, -0.1) is 0 Å². The van der Waals surface area contributed by atoms with Crippen LogP contribution in [-0.2, 0) is 38.0 Å². The first kappa shape index (κ1) is 28.6. The van der Waals surface area contributed by atoms with E-state index in [9.17, 15) is 9.59 Å². The van der Waals surface area contributed by atoms with Crippen LogP contribution in [0.4, 0.5) is 0 Å². The van der Waals surface area contributed by atoms with Crippen molar-refractivity contribution in [2.24, 2.45) is 0 Å². The monoisotopic (exact) mass is 604 g/mol. The van der Waals surface area contributed by atoms with Gasteiger partial charge in [0.2, 0.25) is 0 Å². The van der Waals surface area contributed by atoms with E-state index in [1.54, 1.807) is 0 Å². The summed E-state index contributed by atoms with van der Waals surface area (Å²) in [7, 11) is 0. The third-order valence-corrected chi connectivity index (χ3v) is 10.2. The van der Waals surface area contributed by atoms with Crippen LogP contribution in [0.15, 0.2) is 48.6 Å². The molecule has 44 heavy (non-hydrogen) atoms. The SMILES string of the molecule is CC1(C)OCC(C2N3CC/C=C\CCN4C(=O)C5(OCC=C5c5ccc(cc5)C5=CCOC52C3=O)C4C2COC(C)(C)O2)O1. The van der Waals surface area contributed by atoms with Gasteiger partial charge in [0.15, 0.2) is 22.8 Å². The lowest BCUT2D eigenvalue weighted by Gasteiger charge is -2.56. The third-order valence-electron chi connectivity index (χ3n) is 10.2. The Morgan fingerprint density at radius 2 is 1.05 bits per heavy atom. The fraction of sp³-hybridized carbons (Fsp3) is 0.588. The molecule has 2 amide bonds. The lowest BCUT2D eigenvalue weighted by Crippen LogP contribution is -2.78. The Morgan fingerprint density at radius 1 is 0.636 bits per heavy atom. The molecular formula is C34H40N2O8. The van der Waals surface area contributed by atoms with E-state index >= 15 is 0 Å². The summed E-state index contributed by atoms with van der Waals surface area (Å²) in [6.07, 6.45) is 8.92. The van der Waals surface area contributed by atoms with Crippen molar-refractivity contribution in [2.75, 3.05) is 39.5 Å². The van der Waals surface area contributed by atoms with Gasteiger partial charge in [-0.3, -0.25) is 9.59 Å². The molecular weight excluding hydrogens is 564 g/mol. The summed E-state index contributed by atoms with van der Waals surface area (Å²) in [5.41, 5.74) is 1.28. The molecule has 0 aliphatic carbocycles. The molecule has 10 rings (SSSR count). The van der Waals surface area contributed by atoms with Crippen molar-refractivity contribution in [1.29, 1.82) is 0 Å². The molecule has 1 aromatic carbocycles. The Hall–Kier alpha value is -2.86. The Bertz CT molecular complexity index is 1370. The number of ether oxygens (including phenoxy) is 6. The minimum Gasteiger partial charge on any atom is -0.354 e. The fourth-order valence-electron chi connectivity index (χ4n) is 8.36. The highest BCUT2D eigenvalue weighted by Gasteiger charge is 2.70. The van der Waals surface area contributed by atoms with Gasteiger partial charge in [-0.25, -0.2) is 0 Å². The lowest BCUT2D eigenvalue weighted by molar-refractivity contribution is -0.207. The number of β-lactam (4-membered cyclic amide) rings is 2. The summed E-state index contributed by atoms with van der Waals surface area (Å²) in [4.78, 5) is 31.7. The van der Waals surface area contributed by atoms with Crippen molar-refractivity contribution in [1.82, 2.24) is 9.80 Å². The van der Waals surface area contributed by atoms with Crippen LogP contribution >= 0.6 is 0 Å². The molecule has 2 spiro atoms. The second-order valence-corrected chi connectivity index (χ2v) is 13.6. The number of amides is 2. The highest BCUT2D eigenvalue weighted by atomic mass is 16.7. The molecule has 9 aliphatic rings. The van der Waals surface area contributed by atoms with Gasteiger partial charge in [0.05, 0.1) is 26.4 Å². The summed E-state index contributed by atoms with van der Waals surface area (Å²) >= 11 is 0. The average Bonchev–Trinajstić information content (AvgIpc) is 3.79. The second kappa shape index (κ2) is 9.82. The first-order valence-electron chi connectivity index (χ1n) is 15.8. The Balaban J connectivity index is 1.17. The van der Waals surface area contributed by atoms with Gasteiger partial charge in [-0.1, -0.05) is 48.6 Å². The number of carbonyl (C=O) groups excluding carboxylic acids is 2. The number of hydrogen-bond donors (Lipinski definition) is 0. The summed E-state index contributed by atoms with van der Waals surface area (Å²) in [6.45, 7) is 10.2. The molecule has 234 valence electrons. The summed E-state index contributed by atoms with van der Waals surface area (Å²) < 4.78 is 37.3. The molecule has 10 nitrogen and oxygen atoms in total. The van der Waals surface area contributed by atoms with E-state index in [0.717, 1.165) is 22.3 Å². The largest absolute Gasteiger partial charge is 0.354 e. The Labute approximate surface area is 257 Å². The predicted octanol–water partition coefficient (Wildman–Crippen LogP) is 3.07. The van der Waals surface area contributed by atoms with Crippen molar-refractivity contribution in [3.63, 3.8) is 0 Å². The van der Waals surface area contributed by atoms with Crippen LogP contribution in [0.3, 0.4) is 0 Å². The van der Waals surface area contributed by atoms with E-state index in [1.807, 2.05) is 73.9 Å². The van der Waals surface area contributed by atoms with Gasteiger partial charge in [0.25, 0.3) is 11.8 Å².